The molecule has 0 aliphatic rings. The average molecular weight is 196 g/mol. The summed E-state index contributed by atoms with van der Waals surface area (Å²) in [7, 11) is 0. The first kappa shape index (κ1) is 9.73. The first-order chi connectivity index (χ1) is 6.15. The van der Waals surface area contributed by atoms with Crippen LogP contribution in [0.15, 0.2) is 28.2 Å². The Bertz CT molecular complexity index is 399. The Balaban J connectivity index is 3.34. The van der Waals surface area contributed by atoms with E-state index >= 15 is 0 Å². The van der Waals surface area contributed by atoms with Crippen LogP contribution < -0.4 is 0 Å². The van der Waals surface area contributed by atoms with Crippen molar-refractivity contribution < 1.29 is 8.76 Å². The fraction of sp³-hybridized carbons (Fsp3) is 0.143. The second-order valence-electron chi connectivity index (χ2n) is 2.40. The average Bonchev–Trinajstić information content (AvgIpc) is 2.04. The SMILES string of the molecule is Cc1ccc(S(=O)[O-])c(N=[N+]=[N-])c1. The van der Waals surface area contributed by atoms with Crippen LogP contribution in [0.3, 0.4) is 0 Å². The highest BCUT2D eigenvalue weighted by atomic mass is 32.2. The molecule has 0 aromatic heterocycles. The molecule has 68 valence electrons. The van der Waals surface area contributed by atoms with Crippen LogP contribution in [-0.4, -0.2) is 8.76 Å². The Morgan fingerprint density at radius 3 is 2.85 bits per heavy atom. The van der Waals surface area contributed by atoms with E-state index in [4.69, 9.17) is 5.53 Å². The van der Waals surface area contributed by atoms with E-state index in [-0.39, 0.29) is 10.6 Å². The van der Waals surface area contributed by atoms with E-state index in [9.17, 15) is 8.76 Å². The molecule has 13 heavy (non-hydrogen) atoms. The summed E-state index contributed by atoms with van der Waals surface area (Å²) in [6.45, 7) is 1.79. The van der Waals surface area contributed by atoms with Gasteiger partial charge in [-0.25, -0.2) is 0 Å². The van der Waals surface area contributed by atoms with E-state index in [0.29, 0.717) is 0 Å². The van der Waals surface area contributed by atoms with Crippen molar-refractivity contribution in [2.45, 2.75) is 11.8 Å². The van der Waals surface area contributed by atoms with Gasteiger partial charge >= 0.3 is 0 Å². The van der Waals surface area contributed by atoms with Gasteiger partial charge in [-0.1, -0.05) is 16.7 Å². The molecule has 1 aromatic carbocycles. The van der Waals surface area contributed by atoms with Gasteiger partial charge < -0.3 is 4.55 Å². The number of benzene rings is 1. The quantitative estimate of drug-likeness (QED) is 0.314. The molecule has 0 bridgehead atoms. The lowest BCUT2D eigenvalue weighted by atomic mass is 10.2. The molecule has 0 aliphatic carbocycles. The first-order valence-electron chi connectivity index (χ1n) is 3.40. The molecular formula is C7H6N3O2S-. The summed E-state index contributed by atoms with van der Waals surface area (Å²) in [6.07, 6.45) is 0. The van der Waals surface area contributed by atoms with Crippen LogP contribution in [0.25, 0.3) is 10.4 Å². The molecule has 1 unspecified atom stereocenters. The lowest BCUT2D eigenvalue weighted by molar-refractivity contribution is 0.537. The molecule has 0 amide bonds. The number of rotatable bonds is 2. The molecule has 0 N–H and O–H groups in total. The Labute approximate surface area is 77.3 Å². The maximum Gasteiger partial charge on any atom is 0.0527 e. The van der Waals surface area contributed by atoms with Gasteiger partial charge in [-0.15, -0.1) is 0 Å². The summed E-state index contributed by atoms with van der Waals surface area (Å²) in [4.78, 5) is 2.56. The van der Waals surface area contributed by atoms with Crippen molar-refractivity contribution in [3.8, 4) is 0 Å². The third kappa shape index (κ3) is 2.29. The minimum atomic E-state index is -2.37. The highest BCUT2D eigenvalue weighted by molar-refractivity contribution is 7.79. The molecule has 0 aliphatic heterocycles. The lowest BCUT2D eigenvalue weighted by Crippen LogP contribution is -1.89. The van der Waals surface area contributed by atoms with Gasteiger partial charge in [0, 0.05) is 9.81 Å². The molecule has 0 saturated carbocycles. The van der Waals surface area contributed by atoms with Gasteiger partial charge in [0.05, 0.1) is 5.69 Å². The van der Waals surface area contributed by atoms with Crippen LogP contribution in [-0.2, 0) is 11.1 Å². The van der Waals surface area contributed by atoms with Gasteiger partial charge in [0.25, 0.3) is 0 Å². The molecule has 0 fully saturated rings. The fourth-order valence-electron chi connectivity index (χ4n) is 0.895. The summed E-state index contributed by atoms with van der Waals surface area (Å²) >= 11 is -2.37. The van der Waals surface area contributed by atoms with Crippen molar-refractivity contribution in [1.82, 2.24) is 0 Å². The van der Waals surface area contributed by atoms with E-state index in [1.54, 1.807) is 13.0 Å². The summed E-state index contributed by atoms with van der Waals surface area (Å²) < 4.78 is 21.2. The Hall–Kier alpha value is -1.36. The number of azide groups is 1. The van der Waals surface area contributed by atoms with Gasteiger partial charge in [-0.05, 0) is 35.7 Å². The molecule has 1 aromatic rings. The van der Waals surface area contributed by atoms with Crippen LogP contribution in [0.5, 0.6) is 0 Å². The summed E-state index contributed by atoms with van der Waals surface area (Å²) in [5.41, 5.74) is 9.15. The predicted octanol–water partition coefficient (Wildman–Crippen LogP) is 2.17. The number of hydrogen-bond donors (Lipinski definition) is 0. The van der Waals surface area contributed by atoms with E-state index in [1.807, 2.05) is 0 Å². The summed E-state index contributed by atoms with van der Waals surface area (Å²) in [6, 6.07) is 4.56. The van der Waals surface area contributed by atoms with Crippen molar-refractivity contribution in [1.29, 1.82) is 0 Å². The van der Waals surface area contributed by atoms with E-state index in [1.165, 1.54) is 12.1 Å². The molecule has 0 heterocycles. The number of hydrogen-bond acceptors (Lipinski definition) is 3. The Kier molecular flexibility index (Phi) is 3.02. The largest absolute Gasteiger partial charge is 0.768 e. The van der Waals surface area contributed by atoms with E-state index < -0.39 is 11.1 Å². The van der Waals surface area contributed by atoms with Gasteiger partial charge in [0.2, 0.25) is 0 Å². The summed E-state index contributed by atoms with van der Waals surface area (Å²) in [5, 5.41) is 3.28. The topological polar surface area (TPSA) is 88.9 Å². The second kappa shape index (κ2) is 4.04. The van der Waals surface area contributed by atoms with Crippen LogP contribution in [0.1, 0.15) is 5.56 Å². The van der Waals surface area contributed by atoms with Crippen LogP contribution >= 0.6 is 0 Å². The lowest BCUT2D eigenvalue weighted by Gasteiger charge is -2.08. The third-order valence-electron chi connectivity index (χ3n) is 1.45. The molecule has 0 saturated heterocycles. The highest BCUT2D eigenvalue weighted by Gasteiger charge is 2.00. The normalized spacial score (nSPS) is 11.8. The zero-order valence-corrected chi connectivity index (χ0v) is 7.61. The van der Waals surface area contributed by atoms with Gasteiger partial charge in [-0.2, -0.15) is 0 Å². The first-order valence-corrected chi connectivity index (χ1v) is 4.47. The van der Waals surface area contributed by atoms with Gasteiger partial charge in [0.15, 0.2) is 0 Å². The van der Waals surface area contributed by atoms with Gasteiger partial charge in [0.1, 0.15) is 0 Å². The van der Waals surface area contributed by atoms with Crippen LogP contribution in [0.2, 0.25) is 0 Å². The van der Waals surface area contributed by atoms with Crippen molar-refractivity contribution in [2.24, 2.45) is 5.11 Å². The second-order valence-corrected chi connectivity index (χ2v) is 3.30. The van der Waals surface area contributed by atoms with Crippen LogP contribution in [0.4, 0.5) is 5.69 Å². The van der Waals surface area contributed by atoms with Crippen molar-refractivity contribution >= 4 is 16.8 Å². The smallest absolute Gasteiger partial charge is 0.0527 e. The van der Waals surface area contributed by atoms with E-state index in [0.717, 1.165) is 5.56 Å². The Morgan fingerprint density at radius 1 is 1.62 bits per heavy atom. The monoisotopic (exact) mass is 196 g/mol. The van der Waals surface area contributed by atoms with Gasteiger partial charge in [-0.3, -0.25) is 4.21 Å². The standard InChI is InChI=1S/C7H7N3O2S/c1-5-2-3-7(13(11)12)6(4-5)9-10-8/h2-4H,1H3,(H,11,12)/p-1. The molecule has 0 spiro atoms. The molecule has 0 radical (unpaired) electrons. The minimum Gasteiger partial charge on any atom is -0.768 e. The summed E-state index contributed by atoms with van der Waals surface area (Å²) in [5.74, 6) is 0. The molecule has 1 rings (SSSR count). The maximum atomic E-state index is 10.6. The predicted molar refractivity (Wildman–Crippen MR) is 47.2 cm³/mol. The Morgan fingerprint density at radius 2 is 2.31 bits per heavy atom. The van der Waals surface area contributed by atoms with Crippen LogP contribution in [0, 0.1) is 6.92 Å². The molecule has 1 atom stereocenters. The zero-order valence-electron chi connectivity index (χ0n) is 6.80. The maximum absolute atomic E-state index is 10.6. The molecule has 6 heteroatoms. The zero-order chi connectivity index (χ0) is 9.84. The number of nitrogens with zero attached hydrogens (tertiary/aromatic N) is 3. The van der Waals surface area contributed by atoms with Crippen molar-refractivity contribution in [3.05, 3.63) is 34.2 Å². The van der Waals surface area contributed by atoms with Crippen molar-refractivity contribution in [3.63, 3.8) is 0 Å². The highest BCUT2D eigenvalue weighted by Crippen LogP contribution is 2.23. The number of aryl methyl sites for hydroxylation is 1. The molecule has 5 nitrogen and oxygen atoms in total. The van der Waals surface area contributed by atoms with E-state index in [2.05, 4.69) is 10.0 Å². The molecular weight excluding hydrogens is 190 g/mol. The third-order valence-corrected chi connectivity index (χ3v) is 2.15. The fourth-order valence-corrected chi connectivity index (χ4v) is 1.34. The van der Waals surface area contributed by atoms with Crippen molar-refractivity contribution in [2.75, 3.05) is 0 Å². The minimum absolute atomic E-state index is 0.0170.